The highest BCUT2D eigenvalue weighted by atomic mass is 14.2. The van der Waals surface area contributed by atoms with Gasteiger partial charge in [0.15, 0.2) is 0 Å². The molecule has 0 bridgehead atoms. The van der Waals surface area contributed by atoms with Crippen molar-refractivity contribution in [3.05, 3.63) is 206 Å². The van der Waals surface area contributed by atoms with Gasteiger partial charge in [-0.2, -0.15) is 0 Å². The van der Waals surface area contributed by atoms with Crippen molar-refractivity contribution in [3.8, 4) is 33.4 Å². The number of rotatable bonds is 3. The van der Waals surface area contributed by atoms with E-state index in [4.69, 9.17) is 0 Å². The maximum absolute atomic E-state index is 2.38. The molecular formula is C56H34. The first-order valence-corrected chi connectivity index (χ1v) is 19.5. The molecule has 12 rings (SSSR count). The highest BCUT2D eigenvalue weighted by Crippen LogP contribution is 2.41. The number of fused-ring (bicyclic) bond motifs is 12. The molecule has 0 N–H and O–H groups in total. The van der Waals surface area contributed by atoms with Gasteiger partial charge in [0.1, 0.15) is 0 Å². The van der Waals surface area contributed by atoms with E-state index in [-0.39, 0.29) is 0 Å². The molecule has 0 aromatic heterocycles. The van der Waals surface area contributed by atoms with Crippen LogP contribution < -0.4 is 0 Å². The van der Waals surface area contributed by atoms with Gasteiger partial charge in [-0.15, -0.1) is 0 Å². The summed E-state index contributed by atoms with van der Waals surface area (Å²) in [6.45, 7) is 0. The Hall–Kier alpha value is -7.28. The van der Waals surface area contributed by atoms with Crippen LogP contribution in [-0.2, 0) is 0 Å². The van der Waals surface area contributed by atoms with E-state index in [2.05, 4.69) is 206 Å². The molecule has 0 aliphatic carbocycles. The topological polar surface area (TPSA) is 0 Å². The summed E-state index contributed by atoms with van der Waals surface area (Å²) in [6.07, 6.45) is 0. The van der Waals surface area contributed by atoms with Gasteiger partial charge in [0.25, 0.3) is 0 Å². The fourth-order valence-corrected chi connectivity index (χ4v) is 9.43. The van der Waals surface area contributed by atoms with E-state index < -0.39 is 0 Å². The van der Waals surface area contributed by atoms with E-state index in [1.807, 2.05) is 0 Å². The Kier molecular flexibility index (Phi) is 6.73. The molecule has 0 amide bonds. The highest BCUT2D eigenvalue weighted by Gasteiger charge is 2.13. The number of benzene rings is 12. The summed E-state index contributed by atoms with van der Waals surface area (Å²) in [5.74, 6) is 0. The van der Waals surface area contributed by atoms with Gasteiger partial charge in [-0.1, -0.05) is 176 Å². The first-order chi connectivity index (χ1) is 27.7. The Morgan fingerprint density at radius 2 is 0.589 bits per heavy atom. The lowest BCUT2D eigenvalue weighted by molar-refractivity contribution is 1.67. The minimum atomic E-state index is 1.23. The minimum Gasteiger partial charge on any atom is -0.0616 e. The fraction of sp³-hybridized carbons (Fsp3) is 0. The lowest BCUT2D eigenvalue weighted by Gasteiger charge is -2.14. The second-order valence-corrected chi connectivity index (χ2v) is 15.3. The van der Waals surface area contributed by atoms with Crippen LogP contribution in [0.1, 0.15) is 0 Å². The molecule has 12 aromatic rings. The van der Waals surface area contributed by atoms with Crippen LogP contribution in [0.3, 0.4) is 0 Å². The Morgan fingerprint density at radius 1 is 0.179 bits per heavy atom. The van der Waals surface area contributed by atoms with Crippen LogP contribution in [0.4, 0.5) is 0 Å². The van der Waals surface area contributed by atoms with Crippen molar-refractivity contribution in [1.82, 2.24) is 0 Å². The number of hydrogen-bond donors (Lipinski definition) is 0. The average molecular weight is 707 g/mol. The predicted molar refractivity (Wildman–Crippen MR) is 243 cm³/mol. The smallest absolute Gasteiger partial charge is 0.00264 e. The maximum atomic E-state index is 2.38. The molecule has 0 aliphatic heterocycles. The summed E-state index contributed by atoms with van der Waals surface area (Å²) in [6, 6.07) is 76.7. The van der Waals surface area contributed by atoms with Gasteiger partial charge in [-0.05, 0) is 150 Å². The lowest BCUT2D eigenvalue weighted by atomic mass is 9.89. The van der Waals surface area contributed by atoms with E-state index in [1.165, 1.54) is 120 Å². The Morgan fingerprint density at radius 3 is 1.20 bits per heavy atom. The van der Waals surface area contributed by atoms with E-state index in [1.54, 1.807) is 0 Å². The summed E-state index contributed by atoms with van der Waals surface area (Å²) in [5, 5.41) is 20.5. The normalized spacial score (nSPS) is 11.9. The van der Waals surface area contributed by atoms with Gasteiger partial charge in [-0.25, -0.2) is 0 Å². The molecule has 12 aromatic carbocycles. The third-order valence-electron chi connectivity index (χ3n) is 12.2. The SMILES string of the molecule is c1ccc2c(-c3ccc4c(ccc5cc(-c6ccc7c(ccc8cc(-c9cc%10ccc%11ccccc%11c%10c%10ccccc9%10)ccc87)c6)ccc54)c3)cccc2c1. The van der Waals surface area contributed by atoms with E-state index >= 15 is 0 Å². The first-order valence-electron chi connectivity index (χ1n) is 19.5. The van der Waals surface area contributed by atoms with E-state index in [0.717, 1.165) is 0 Å². The van der Waals surface area contributed by atoms with Gasteiger partial charge in [0.05, 0.1) is 0 Å². The van der Waals surface area contributed by atoms with Crippen LogP contribution in [0.2, 0.25) is 0 Å². The van der Waals surface area contributed by atoms with E-state index in [0.29, 0.717) is 0 Å². The van der Waals surface area contributed by atoms with Crippen LogP contribution in [0.25, 0.3) is 120 Å². The molecule has 0 fully saturated rings. The maximum Gasteiger partial charge on any atom is -0.00264 e. The third-order valence-corrected chi connectivity index (χ3v) is 12.2. The summed E-state index contributed by atoms with van der Waals surface area (Å²) in [5.41, 5.74) is 7.51. The molecule has 0 radical (unpaired) electrons. The van der Waals surface area contributed by atoms with Gasteiger partial charge >= 0.3 is 0 Å². The van der Waals surface area contributed by atoms with Crippen molar-refractivity contribution in [1.29, 1.82) is 0 Å². The van der Waals surface area contributed by atoms with Crippen LogP contribution in [0, 0.1) is 0 Å². The van der Waals surface area contributed by atoms with Gasteiger partial charge in [0.2, 0.25) is 0 Å². The van der Waals surface area contributed by atoms with Crippen LogP contribution >= 0.6 is 0 Å². The zero-order valence-corrected chi connectivity index (χ0v) is 30.6. The molecule has 0 nitrogen and oxygen atoms in total. The zero-order valence-electron chi connectivity index (χ0n) is 30.6. The predicted octanol–water partition coefficient (Wildman–Crippen LogP) is 15.9. The summed E-state index contributed by atoms with van der Waals surface area (Å²) >= 11 is 0. The number of hydrogen-bond acceptors (Lipinski definition) is 0. The molecule has 0 unspecified atom stereocenters. The first kappa shape index (κ1) is 31.1. The van der Waals surface area contributed by atoms with Crippen molar-refractivity contribution < 1.29 is 0 Å². The second kappa shape index (κ2) is 12.1. The average Bonchev–Trinajstić information content (AvgIpc) is 3.27. The van der Waals surface area contributed by atoms with Gasteiger partial charge in [-0.3, -0.25) is 0 Å². The van der Waals surface area contributed by atoms with Gasteiger partial charge < -0.3 is 0 Å². The molecule has 56 heavy (non-hydrogen) atoms. The molecule has 258 valence electrons. The molecular weight excluding hydrogens is 673 g/mol. The largest absolute Gasteiger partial charge is 0.0616 e. The van der Waals surface area contributed by atoms with Crippen molar-refractivity contribution in [2.75, 3.05) is 0 Å². The Balaban J connectivity index is 0.910. The highest BCUT2D eigenvalue weighted by molar-refractivity contribution is 6.23. The Labute approximate surface area is 324 Å². The van der Waals surface area contributed by atoms with Crippen molar-refractivity contribution in [2.24, 2.45) is 0 Å². The lowest BCUT2D eigenvalue weighted by Crippen LogP contribution is -1.87. The molecule has 0 saturated heterocycles. The van der Waals surface area contributed by atoms with Crippen LogP contribution in [0.15, 0.2) is 206 Å². The second-order valence-electron chi connectivity index (χ2n) is 15.3. The quantitative estimate of drug-likeness (QED) is 0.160. The Bertz CT molecular complexity index is 3580. The van der Waals surface area contributed by atoms with Crippen molar-refractivity contribution >= 4 is 86.2 Å². The third kappa shape index (κ3) is 4.79. The van der Waals surface area contributed by atoms with E-state index in [9.17, 15) is 0 Å². The molecule has 0 heterocycles. The van der Waals surface area contributed by atoms with Crippen molar-refractivity contribution in [2.45, 2.75) is 0 Å². The molecule has 0 aliphatic rings. The molecule has 0 spiro atoms. The molecule has 0 atom stereocenters. The van der Waals surface area contributed by atoms with Gasteiger partial charge in [0, 0.05) is 0 Å². The summed E-state index contributed by atoms with van der Waals surface area (Å²) < 4.78 is 0. The fourth-order valence-electron chi connectivity index (χ4n) is 9.43. The van der Waals surface area contributed by atoms with Crippen molar-refractivity contribution in [3.63, 3.8) is 0 Å². The standard InChI is InChI=1S/C56H34/c1-3-11-46-35(8-1)10-7-15-47(46)43-24-28-50-41(32-43)19-17-39-30-37(22-26-48(39)50)38-23-27-49-40(31-38)18-20-42-33-44(25-29-51(42)49)55-34-45-21-16-36-9-2-4-12-52(36)56(45)54-14-6-5-13-53(54)55/h1-34H. The zero-order chi connectivity index (χ0) is 36.7. The summed E-state index contributed by atoms with van der Waals surface area (Å²) in [7, 11) is 0. The molecule has 0 heteroatoms. The summed E-state index contributed by atoms with van der Waals surface area (Å²) in [4.78, 5) is 0. The monoisotopic (exact) mass is 706 g/mol. The molecule has 0 saturated carbocycles. The van der Waals surface area contributed by atoms with Crippen LogP contribution in [-0.4, -0.2) is 0 Å². The minimum absolute atomic E-state index is 1.23. The van der Waals surface area contributed by atoms with Crippen LogP contribution in [0.5, 0.6) is 0 Å².